The van der Waals surface area contributed by atoms with E-state index in [1.54, 1.807) is 6.07 Å². The van der Waals surface area contributed by atoms with E-state index in [1.165, 1.54) is 11.1 Å². The summed E-state index contributed by atoms with van der Waals surface area (Å²) in [4.78, 5) is 8.51. The molecule has 0 spiro atoms. The van der Waals surface area contributed by atoms with Crippen LogP contribution in [0.2, 0.25) is 0 Å². The molecule has 0 aliphatic rings. The van der Waals surface area contributed by atoms with E-state index in [-0.39, 0.29) is 0 Å². The number of aromatic nitrogens is 2. The van der Waals surface area contributed by atoms with Gasteiger partial charge in [-0.15, -0.1) is 0 Å². The van der Waals surface area contributed by atoms with E-state index >= 15 is 0 Å². The quantitative estimate of drug-likeness (QED) is 0.765. The SMILES string of the molecule is Cc1nc(N)cc(-c2ccc(-c3ccccc3)cc2)n1. The van der Waals surface area contributed by atoms with Crippen molar-refractivity contribution in [1.82, 2.24) is 9.97 Å². The third-order valence-corrected chi connectivity index (χ3v) is 3.15. The lowest BCUT2D eigenvalue weighted by Gasteiger charge is -2.05. The Labute approximate surface area is 118 Å². The van der Waals surface area contributed by atoms with E-state index in [1.807, 2.05) is 25.1 Å². The molecule has 3 rings (SSSR count). The minimum atomic E-state index is 0.500. The van der Waals surface area contributed by atoms with Gasteiger partial charge in [0.2, 0.25) is 0 Å². The average molecular weight is 261 g/mol. The summed E-state index contributed by atoms with van der Waals surface area (Å²) >= 11 is 0. The Bertz CT molecular complexity index is 699. The van der Waals surface area contributed by atoms with Crippen LogP contribution in [-0.4, -0.2) is 9.97 Å². The first-order chi connectivity index (χ1) is 9.72. The minimum absolute atomic E-state index is 0.500. The van der Waals surface area contributed by atoms with Gasteiger partial charge in [0, 0.05) is 11.6 Å². The van der Waals surface area contributed by atoms with Crippen LogP contribution in [0.1, 0.15) is 5.82 Å². The van der Waals surface area contributed by atoms with E-state index in [0.717, 1.165) is 11.3 Å². The molecule has 1 aromatic heterocycles. The molecule has 0 amide bonds. The van der Waals surface area contributed by atoms with Crippen molar-refractivity contribution in [2.45, 2.75) is 6.92 Å². The molecule has 1 heterocycles. The number of nitrogens with two attached hydrogens (primary N) is 1. The monoisotopic (exact) mass is 261 g/mol. The summed E-state index contributed by atoms with van der Waals surface area (Å²) in [5.41, 5.74) is 10.1. The van der Waals surface area contributed by atoms with Crippen molar-refractivity contribution in [2.75, 3.05) is 5.73 Å². The largest absolute Gasteiger partial charge is 0.384 e. The van der Waals surface area contributed by atoms with E-state index < -0.39 is 0 Å². The number of hydrogen-bond donors (Lipinski definition) is 1. The predicted molar refractivity (Wildman–Crippen MR) is 82.1 cm³/mol. The maximum absolute atomic E-state index is 5.77. The van der Waals surface area contributed by atoms with Gasteiger partial charge in [0.1, 0.15) is 11.6 Å². The average Bonchev–Trinajstić information content (AvgIpc) is 2.47. The molecule has 0 atom stereocenters. The Morgan fingerprint density at radius 1 is 0.750 bits per heavy atom. The molecule has 3 aromatic rings. The Morgan fingerprint density at radius 3 is 2.00 bits per heavy atom. The molecule has 0 fully saturated rings. The normalized spacial score (nSPS) is 10.4. The van der Waals surface area contributed by atoms with E-state index in [9.17, 15) is 0 Å². The van der Waals surface area contributed by atoms with Crippen LogP contribution in [0.15, 0.2) is 60.7 Å². The lowest BCUT2D eigenvalue weighted by Crippen LogP contribution is -1.97. The Hall–Kier alpha value is -2.68. The predicted octanol–water partition coefficient (Wildman–Crippen LogP) is 3.70. The number of hydrogen-bond acceptors (Lipinski definition) is 3. The summed E-state index contributed by atoms with van der Waals surface area (Å²) in [6.45, 7) is 1.85. The van der Waals surface area contributed by atoms with E-state index in [2.05, 4.69) is 46.4 Å². The number of benzene rings is 2. The number of anilines is 1. The summed E-state index contributed by atoms with van der Waals surface area (Å²) < 4.78 is 0. The molecule has 0 saturated carbocycles. The van der Waals surface area contributed by atoms with Gasteiger partial charge in [-0.2, -0.15) is 0 Å². The molecule has 20 heavy (non-hydrogen) atoms. The molecule has 0 unspecified atom stereocenters. The van der Waals surface area contributed by atoms with Gasteiger partial charge in [-0.25, -0.2) is 9.97 Å². The van der Waals surface area contributed by atoms with Crippen LogP contribution in [0, 0.1) is 6.92 Å². The Kier molecular flexibility index (Phi) is 3.17. The maximum atomic E-state index is 5.77. The zero-order valence-corrected chi connectivity index (χ0v) is 11.2. The third-order valence-electron chi connectivity index (χ3n) is 3.15. The summed E-state index contributed by atoms with van der Waals surface area (Å²) in [5.74, 6) is 1.19. The van der Waals surface area contributed by atoms with Gasteiger partial charge in [0.15, 0.2) is 0 Å². The first-order valence-corrected chi connectivity index (χ1v) is 6.49. The zero-order valence-electron chi connectivity index (χ0n) is 11.2. The van der Waals surface area contributed by atoms with Crippen LogP contribution in [0.25, 0.3) is 22.4 Å². The highest BCUT2D eigenvalue weighted by molar-refractivity contribution is 5.69. The van der Waals surface area contributed by atoms with Crippen LogP contribution >= 0.6 is 0 Å². The topological polar surface area (TPSA) is 51.8 Å². The molecule has 0 radical (unpaired) electrons. The van der Waals surface area contributed by atoms with Gasteiger partial charge in [0.25, 0.3) is 0 Å². The third kappa shape index (κ3) is 2.52. The minimum Gasteiger partial charge on any atom is -0.384 e. The van der Waals surface area contributed by atoms with Gasteiger partial charge in [-0.3, -0.25) is 0 Å². The van der Waals surface area contributed by atoms with Crippen LogP contribution in [0.4, 0.5) is 5.82 Å². The van der Waals surface area contributed by atoms with Gasteiger partial charge in [0.05, 0.1) is 5.69 Å². The van der Waals surface area contributed by atoms with Crippen molar-refractivity contribution < 1.29 is 0 Å². The highest BCUT2D eigenvalue weighted by Gasteiger charge is 2.03. The lowest BCUT2D eigenvalue weighted by molar-refractivity contribution is 1.07. The first kappa shape index (κ1) is 12.4. The molecule has 0 aliphatic carbocycles. The summed E-state index contributed by atoms with van der Waals surface area (Å²) in [6.07, 6.45) is 0. The molecule has 2 aromatic carbocycles. The van der Waals surface area contributed by atoms with Crippen LogP contribution in [0.3, 0.4) is 0 Å². The fraction of sp³-hybridized carbons (Fsp3) is 0.0588. The highest BCUT2D eigenvalue weighted by Crippen LogP contribution is 2.24. The van der Waals surface area contributed by atoms with Gasteiger partial charge < -0.3 is 5.73 Å². The van der Waals surface area contributed by atoms with Gasteiger partial charge in [-0.05, 0) is 18.1 Å². The Balaban J connectivity index is 1.97. The van der Waals surface area contributed by atoms with Gasteiger partial charge >= 0.3 is 0 Å². The molecule has 0 bridgehead atoms. The number of rotatable bonds is 2. The molecule has 0 saturated heterocycles. The first-order valence-electron chi connectivity index (χ1n) is 6.49. The van der Waals surface area contributed by atoms with Crippen LogP contribution in [-0.2, 0) is 0 Å². The number of aryl methyl sites for hydroxylation is 1. The summed E-state index contributed by atoms with van der Waals surface area (Å²) in [6, 6.07) is 20.4. The second-order valence-corrected chi connectivity index (χ2v) is 4.67. The number of nitrogens with zero attached hydrogens (tertiary/aromatic N) is 2. The van der Waals surface area contributed by atoms with Crippen molar-refractivity contribution in [3.8, 4) is 22.4 Å². The van der Waals surface area contributed by atoms with E-state index in [4.69, 9.17) is 5.73 Å². The smallest absolute Gasteiger partial charge is 0.128 e. The van der Waals surface area contributed by atoms with Crippen molar-refractivity contribution in [3.05, 3.63) is 66.5 Å². The summed E-state index contributed by atoms with van der Waals surface area (Å²) in [5, 5.41) is 0. The van der Waals surface area contributed by atoms with Crippen molar-refractivity contribution >= 4 is 5.82 Å². The van der Waals surface area contributed by atoms with Crippen molar-refractivity contribution in [2.24, 2.45) is 0 Å². The number of nitrogen functional groups attached to an aromatic ring is 1. The second-order valence-electron chi connectivity index (χ2n) is 4.67. The maximum Gasteiger partial charge on any atom is 0.128 e. The molecule has 98 valence electrons. The second kappa shape index (κ2) is 5.13. The van der Waals surface area contributed by atoms with Crippen LogP contribution in [0.5, 0.6) is 0 Å². The molecule has 2 N–H and O–H groups in total. The summed E-state index contributed by atoms with van der Waals surface area (Å²) in [7, 11) is 0. The standard InChI is InChI=1S/C17H15N3/c1-12-19-16(11-17(18)20-12)15-9-7-14(8-10-15)13-5-3-2-4-6-13/h2-11H,1H3,(H2,18,19,20). The fourth-order valence-corrected chi connectivity index (χ4v) is 2.20. The fourth-order valence-electron chi connectivity index (χ4n) is 2.20. The molecule has 3 heteroatoms. The molecule has 0 aliphatic heterocycles. The zero-order chi connectivity index (χ0) is 13.9. The Morgan fingerprint density at radius 2 is 1.35 bits per heavy atom. The van der Waals surface area contributed by atoms with Crippen LogP contribution < -0.4 is 5.73 Å². The molecule has 3 nitrogen and oxygen atoms in total. The van der Waals surface area contributed by atoms with Gasteiger partial charge in [-0.1, -0.05) is 54.6 Å². The molecular formula is C17H15N3. The van der Waals surface area contributed by atoms with Crippen molar-refractivity contribution in [3.63, 3.8) is 0 Å². The van der Waals surface area contributed by atoms with Crippen molar-refractivity contribution in [1.29, 1.82) is 0 Å². The van der Waals surface area contributed by atoms with E-state index in [0.29, 0.717) is 11.6 Å². The molecular weight excluding hydrogens is 246 g/mol. The highest BCUT2D eigenvalue weighted by atomic mass is 14.9. The lowest BCUT2D eigenvalue weighted by atomic mass is 10.0.